The largest absolute Gasteiger partial charge is 0.352 e. The first-order valence-corrected chi connectivity index (χ1v) is 6.71. The average molecular weight is 250 g/mol. The molecule has 5 heteroatoms. The Bertz CT molecular complexity index is 382. The number of hydrogen-bond donors (Lipinski definition) is 2. The molecule has 5 nitrogen and oxygen atoms in total. The quantitative estimate of drug-likeness (QED) is 0.818. The minimum absolute atomic E-state index is 0.103. The summed E-state index contributed by atoms with van der Waals surface area (Å²) in [6.45, 7) is 1.07. The molecule has 1 aliphatic rings. The molecule has 100 valence electrons. The van der Waals surface area contributed by atoms with Crippen LogP contribution in [0.1, 0.15) is 37.7 Å². The maximum atomic E-state index is 11.7. The fraction of sp³-hybridized carbons (Fsp3) is 0.692. The molecule has 0 bridgehead atoms. The van der Waals surface area contributed by atoms with Gasteiger partial charge in [-0.3, -0.25) is 9.48 Å². The highest BCUT2D eigenvalue weighted by molar-refractivity contribution is 5.78. The summed E-state index contributed by atoms with van der Waals surface area (Å²) in [5.74, 6) is 0.103. The second kappa shape index (κ2) is 6.54. The third kappa shape index (κ3) is 4.14. The topological polar surface area (TPSA) is 59.0 Å². The van der Waals surface area contributed by atoms with Gasteiger partial charge in [0, 0.05) is 31.4 Å². The first kappa shape index (κ1) is 13.1. The summed E-state index contributed by atoms with van der Waals surface area (Å²) >= 11 is 0. The van der Waals surface area contributed by atoms with Gasteiger partial charge in [-0.05, 0) is 12.8 Å². The second-order valence-electron chi connectivity index (χ2n) is 5.03. The van der Waals surface area contributed by atoms with Gasteiger partial charge in [-0.1, -0.05) is 19.3 Å². The van der Waals surface area contributed by atoms with Gasteiger partial charge in [0.15, 0.2) is 0 Å². The fourth-order valence-electron chi connectivity index (χ4n) is 2.41. The molecule has 0 atom stereocenters. The lowest BCUT2D eigenvalue weighted by Gasteiger charge is -2.22. The summed E-state index contributed by atoms with van der Waals surface area (Å²) in [7, 11) is 1.89. The number of nitrogens with zero attached hydrogens (tertiary/aromatic N) is 2. The van der Waals surface area contributed by atoms with Crippen molar-refractivity contribution in [1.82, 2.24) is 20.4 Å². The molecule has 2 rings (SSSR count). The molecule has 1 aliphatic carbocycles. The zero-order valence-electron chi connectivity index (χ0n) is 11.0. The summed E-state index contributed by atoms with van der Waals surface area (Å²) in [5.41, 5.74) is 1.10. The molecule has 0 spiro atoms. The SMILES string of the molecule is Cn1cc(CNCC(=O)NC2CCCCC2)cn1. The van der Waals surface area contributed by atoms with Gasteiger partial charge in [0.1, 0.15) is 0 Å². The number of rotatable bonds is 5. The average Bonchev–Trinajstić information content (AvgIpc) is 2.76. The number of carbonyl (C=O) groups is 1. The summed E-state index contributed by atoms with van der Waals surface area (Å²) < 4.78 is 1.76. The Morgan fingerprint density at radius 2 is 2.22 bits per heavy atom. The van der Waals surface area contributed by atoms with Crippen LogP contribution in [-0.2, 0) is 18.4 Å². The van der Waals surface area contributed by atoms with Crippen molar-refractivity contribution in [2.75, 3.05) is 6.54 Å². The highest BCUT2D eigenvalue weighted by atomic mass is 16.1. The minimum Gasteiger partial charge on any atom is -0.352 e. The Hall–Kier alpha value is -1.36. The summed E-state index contributed by atoms with van der Waals surface area (Å²) in [4.78, 5) is 11.7. The van der Waals surface area contributed by atoms with Crippen LogP contribution in [0.25, 0.3) is 0 Å². The maximum Gasteiger partial charge on any atom is 0.234 e. The van der Waals surface area contributed by atoms with Gasteiger partial charge >= 0.3 is 0 Å². The van der Waals surface area contributed by atoms with Gasteiger partial charge in [-0.25, -0.2) is 0 Å². The molecule has 1 heterocycles. The van der Waals surface area contributed by atoms with Crippen LogP contribution < -0.4 is 10.6 Å². The molecule has 1 amide bonds. The molecule has 2 N–H and O–H groups in total. The molecule has 0 unspecified atom stereocenters. The van der Waals surface area contributed by atoms with Gasteiger partial charge in [-0.2, -0.15) is 5.10 Å². The highest BCUT2D eigenvalue weighted by Gasteiger charge is 2.15. The fourth-order valence-corrected chi connectivity index (χ4v) is 2.41. The summed E-state index contributed by atoms with van der Waals surface area (Å²) in [5, 5.41) is 10.3. The first-order chi connectivity index (χ1) is 8.74. The Balaban J connectivity index is 1.62. The lowest BCUT2D eigenvalue weighted by molar-refractivity contribution is -0.121. The van der Waals surface area contributed by atoms with E-state index in [2.05, 4.69) is 15.7 Å². The lowest BCUT2D eigenvalue weighted by atomic mass is 9.95. The van der Waals surface area contributed by atoms with Gasteiger partial charge in [0.2, 0.25) is 5.91 Å². The van der Waals surface area contributed by atoms with Crippen LogP contribution in [0.15, 0.2) is 12.4 Å². The van der Waals surface area contributed by atoms with Crippen molar-refractivity contribution in [1.29, 1.82) is 0 Å². The van der Waals surface area contributed by atoms with Gasteiger partial charge in [0.05, 0.1) is 12.7 Å². The van der Waals surface area contributed by atoms with Gasteiger partial charge in [0.25, 0.3) is 0 Å². The Morgan fingerprint density at radius 3 is 2.89 bits per heavy atom. The smallest absolute Gasteiger partial charge is 0.234 e. The molecule has 0 saturated heterocycles. The van der Waals surface area contributed by atoms with Crippen molar-refractivity contribution in [3.63, 3.8) is 0 Å². The number of hydrogen-bond acceptors (Lipinski definition) is 3. The third-order valence-corrected chi connectivity index (χ3v) is 3.34. The van der Waals surface area contributed by atoms with Crippen LogP contribution in [0.2, 0.25) is 0 Å². The molecule has 1 aromatic heterocycles. The lowest BCUT2D eigenvalue weighted by Crippen LogP contribution is -2.41. The second-order valence-corrected chi connectivity index (χ2v) is 5.03. The van der Waals surface area contributed by atoms with Crippen LogP contribution in [-0.4, -0.2) is 28.3 Å². The minimum atomic E-state index is 0.103. The van der Waals surface area contributed by atoms with Crippen LogP contribution >= 0.6 is 0 Å². The van der Waals surface area contributed by atoms with E-state index in [4.69, 9.17) is 0 Å². The van der Waals surface area contributed by atoms with E-state index < -0.39 is 0 Å². The summed E-state index contributed by atoms with van der Waals surface area (Å²) in [6, 6.07) is 0.395. The highest BCUT2D eigenvalue weighted by Crippen LogP contribution is 2.17. The van der Waals surface area contributed by atoms with E-state index in [9.17, 15) is 4.79 Å². The van der Waals surface area contributed by atoms with Gasteiger partial charge < -0.3 is 10.6 Å². The van der Waals surface area contributed by atoms with Crippen molar-refractivity contribution in [2.45, 2.75) is 44.7 Å². The van der Waals surface area contributed by atoms with E-state index in [1.165, 1.54) is 19.3 Å². The zero-order valence-corrected chi connectivity index (χ0v) is 11.0. The molecular formula is C13H22N4O. The third-order valence-electron chi connectivity index (χ3n) is 3.34. The van der Waals surface area contributed by atoms with E-state index in [0.29, 0.717) is 19.1 Å². The predicted molar refractivity (Wildman–Crippen MR) is 69.9 cm³/mol. The van der Waals surface area contributed by atoms with Crippen molar-refractivity contribution < 1.29 is 4.79 Å². The van der Waals surface area contributed by atoms with E-state index >= 15 is 0 Å². The molecule has 0 aromatic carbocycles. The normalized spacial score (nSPS) is 16.7. The number of amides is 1. The predicted octanol–water partition coefficient (Wildman–Crippen LogP) is 0.959. The molecule has 0 aliphatic heterocycles. The molecule has 18 heavy (non-hydrogen) atoms. The van der Waals surface area contributed by atoms with Crippen molar-refractivity contribution in [3.8, 4) is 0 Å². The molecule has 1 saturated carbocycles. The molecule has 1 fully saturated rings. The van der Waals surface area contributed by atoms with Crippen LogP contribution in [0.3, 0.4) is 0 Å². The Kier molecular flexibility index (Phi) is 4.75. The first-order valence-electron chi connectivity index (χ1n) is 6.71. The monoisotopic (exact) mass is 250 g/mol. The Morgan fingerprint density at radius 1 is 1.44 bits per heavy atom. The standard InChI is InChI=1S/C13H22N4O/c1-17-10-11(8-15-17)7-14-9-13(18)16-12-5-3-2-4-6-12/h8,10,12,14H,2-7,9H2,1H3,(H,16,18). The van der Waals surface area contributed by atoms with E-state index in [1.54, 1.807) is 4.68 Å². The van der Waals surface area contributed by atoms with Crippen LogP contribution in [0.4, 0.5) is 0 Å². The van der Waals surface area contributed by atoms with E-state index in [0.717, 1.165) is 18.4 Å². The number of carbonyl (C=O) groups excluding carboxylic acids is 1. The number of aryl methyl sites for hydroxylation is 1. The van der Waals surface area contributed by atoms with Crippen molar-refractivity contribution >= 4 is 5.91 Å². The van der Waals surface area contributed by atoms with Crippen molar-refractivity contribution in [2.24, 2.45) is 7.05 Å². The van der Waals surface area contributed by atoms with Crippen molar-refractivity contribution in [3.05, 3.63) is 18.0 Å². The van der Waals surface area contributed by atoms with E-state index in [-0.39, 0.29) is 5.91 Å². The van der Waals surface area contributed by atoms with Crippen LogP contribution in [0, 0.1) is 0 Å². The molecule has 0 radical (unpaired) electrons. The molecule has 1 aromatic rings. The number of aromatic nitrogens is 2. The molecular weight excluding hydrogens is 228 g/mol. The zero-order chi connectivity index (χ0) is 12.8. The van der Waals surface area contributed by atoms with Gasteiger partial charge in [-0.15, -0.1) is 0 Å². The number of nitrogens with one attached hydrogen (secondary N) is 2. The van der Waals surface area contributed by atoms with Crippen LogP contribution in [0.5, 0.6) is 0 Å². The summed E-state index contributed by atoms with van der Waals surface area (Å²) in [6.07, 6.45) is 9.83. The van der Waals surface area contributed by atoms with E-state index in [1.807, 2.05) is 19.4 Å². The Labute approximate surface area is 108 Å². The maximum absolute atomic E-state index is 11.7.